The number of hydrogen-bond acceptors (Lipinski definition) is 3. The number of allylic oxidation sites excluding steroid dienone is 2. The number of alkyl halides is 6. The van der Waals surface area contributed by atoms with Crippen molar-refractivity contribution in [3.05, 3.63) is 40.3 Å². The molecule has 1 saturated heterocycles. The van der Waals surface area contributed by atoms with Crippen LogP contribution >= 0.6 is 11.8 Å². The van der Waals surface area contributed by atoms with E-state index < -0.39 is 23.5 Å². The van der Waals surface area contributed by atoms with Crippen LogP contribution in [0, 0.1) is 30.1 Å². The van der Waals surface area contributed by atoms with Gasteiger partial charge >= 0.3 is 17.6 Å². The quantitative estimate of drug-likeness (QED) is 0.347. The predicted octanol–water partition coefficient (Wildman–Crippen LogP) is 6.79. The molecule has 4 rings (SSSR count). The third kappa shape index (κ3) is 5.08. The van der Waals surface area contributed by atoms with Crippen LogP contribution in [0.5, 0.6) is 0 Å². The van der Waals surface area contributed by atoms with Crippen molar-refractivity contribution in [2.75, 3.05) is 18.0 Å². The topological polar surface area (TPSA) is 32.7 Å². The molecule has 2 fully saturated rings. The Kier molecular flexibility index (Phi) is 6.29. The highest BCUT2D eigenvalue weighted by molar-refractivity contribution is 8.18. The number of fused-ring (bicyclic) bond motifs is 1. The van der Waals surface area contributed by atoms with Crippen LogP contribution in [0.2, 0.25) is 0 Å². The maximum Gasteiger partial charge on any atom is 0.418 e. The second-order valence-corrected chi connectivity index (χ2v) is 9.54. The molecule has 3 nitrogen and oxygen atoms in total. The number of thioether (sulfide) groups is 1. The molecule has 2 heterocycles. The van der Waals surface area contributed by atoms with E-state index in [9.17, 15) is 31.1 Å². The van der Waals surface area contributed by atoms with Crippen molar-refractivity contribution >= 4 is 28.4 Å². The minimum Gasteiger partial charge on any atom is -0.370 e. The lowest BCUT2D eigenvalue weighted by molar-refractivity contribution is -0.142. The van der Waals surface area contributed by atoms with Crippen LogP contribution in [0.4, 0.5) is 36.8 Å². The molecule has 10 heteroatoms. The van der Waals surface area contributed by atoms with Gasteiger partial charge in [-0.2, -0.15) is 26.3 Å². The molecule has 176 valence electrons. The second kappa shape index (κ2) is 8.75. The number of rotatable bonds is 4. The summed E-state index contributed by atoms with van der Waals surface area (Å²) in [4.78, 5) is 18.1. The minimum atomic E-state index is -4.89. The van der Waals surface area contributed by atoms with Crippen LogP contribution in [0.15, 0.2) is 34.2 Å². The Morgan fingerprint density at radius 3 is 2.36 bits per heavy atom. The number of carbonyl (C=O) groups is 1. The molecule has 1 unspecified atom stereocenters. The van der Waals surface area contributed by atoms with E-state index in [0.29, 0.717) is 37.7 Å². The molecule has 0 N–H and O–H groups in total. The summed E-state index contributed by atoms with van der Waals surface area (Å²) in [5, 5.41) is -0.278. The van der Waals surface area contributed by atoms with Crippen molar-refractivity contribution in [3.8, 4) is 12.3 Å². The summed E-state index contributed by atoms with van der Waals surface area (Å²) < 4.78 is 79.5. The lowest BCUT2D eigenvalue weighted by Gasteiger charge is -2.25. The zero-order valence-corrected chi connectivity index (χ0v) is 18.2. The van der Waals surface area contributed by atoms with Gasteiger partial charge in [-0.05, 0) is 60.6 Å². The molecule has 33 heavy (non-hydrogen) atoms. The van der Waals surface area contributed by atoms with Crippen LogP contribution in [0.3, 0.4) is 0 Å². The van der Waals surface area contributed by atoms with Crippen LogP contribution in [-0.2, 0) is 12.4 Å². The Labute approximate surface area is 191 Å². The van der Waals surface area contributed by atoms with Gasteiger partial charge in [0.2, 0.25) is 0 Å². The van der Waals surface area contributed by atoms with Crippen molar-refractivity contribution in [1.29, 1.82) is 0 Å². The molecule has 1 saturated carbocycles. The highest BCUT2D eigenvalue weighted by Gasteiger charge is 2.44. The zero-order chi connectivity index (χ0) is 24.0. The van der Waals surface area contributed by atoms with Crippen LogP contribution in [0.1, 0.15) is 36.8 Å². The van der Waals surface area contributed by atoms with Crippen LogP contribution < -0.4 is 4.90 Å². The van der Waals surface area contributed by atoms with Gasteiger partial charge in [0.25, 0.3) is 0 Å². The van der Waals surface area contributed by atoms with Crippen LogP contribution in [0.25, 0.3) is 0 Å². The molecule has 2 aliphatic heterocycles. The summed E-state index contributed by atoms with van der Waals surface area (Å²) in [6.45, 7) is 0.700. The first-order valence-corrected chi connectivity index (χ1v) is 11.3. The van der Waals surface area contributed by atoms with E-state index in [0.717, 1.165) is 35.6 Å². The van der Waals surface area contributed by atoms with E-state index in [1.54, 1.807) is 4.90 Å². The van der Waals surface area contributed by atoms with E-state index in [1.165, 1.54) is 0 Å². The number of nitrogens with zero attached hydrogens (tertiary/aromatic N) is 2. The Hall–Kier alpha value is -2.41. The van der Waals surface area contributed by atoms with E-state index in [1.807, 2.05) is 6.08 Å². The fraction of sp³-hybridized carbons (Fsp3) is 0.478. The lowest BCUT2D eigenvalue weighted by Crippen LogP contribution is -2.25. The number of halogens is 6. The summed E-state index contributed by atoms with van der Waals surface area (Å²) in [6.07, 6.45) is 0.0542. The van der Waals surface area contributed by atoms with Crippen molar-refractivity contribution in [2.45, 2.75) is 38.0 Å². The number of terminal acetylenes is 1. The van der Waals surface area contributed by atoms with Crippen molar-refractivity contribution in [1.82, 2.24) is 0 Å². The number of carbonyl (C=O) groups excluding carboxylic acids is 1. The van der Waals surface area contributed by atoms with Gasteiger partial charge in [0.1, 0.15) is 0 Å². The zero-order valence-electron chi connectivity index (χ0n) is 17.3. The summed E-state index contributed by atoms with van der Waals surface area (Å²) in [5.74, 6) is 2.95. The monoisotopic (exact) mass is 486 g/mol. The molecular formula is C23H20F6N2OS. The smallest absolute Gasteiger partial charge is 0.370 e. The summed E-state index contributed by atoms with van der Waals surface area (Å²) in [6, 6.07) is 1.83. The third-order valence-corrected chi connectivity index (χ3v) is 7.22. The van der Waals surface area contributed by atoms with Gasteiger partial charge in [0.15, 0.2) is 0 Å². The van der Waals surface area contributed by atoms with Gasteiger partial charge in [-0.1, -0.05) is 6.08 Å². The molecule has 0 bridgehead atoms. The molecule has 3 aliphatic rings. The fourth-order valence-electron chi connectivity index (χ4n) is 4.95. The second-order valence-electron chi connectivity index (χ2n) is 8.55. The van der Waals surface area contributed by atoms with Crippen molar-refractivity contribution in [2.24, 2.45) is 22.7 Å². The molecule has 1 amide bonds. The maximum atomic E-state index is 13.6. The Bertz CT molecular complexity index is 1040. The third-order valence-electron chi connectivity index (χ3n) is 6.36. The van der Waals surface area contributed by atoms with E-state index in [-0.39, 0.29) is 34.7 Å². The van der Waals surface area contributed by atoms with Gasteiger partial charge in [-0.25, -0.2) is 4.99 Å². The Morgan fingerprint density at radius 2 is 1.79 bits per heavy atom. The normalized spacial score (nSPS) is 26.6. The standard InChI is InChI=1S/C23H20F6N2OS/c1-2-3-4-18-20(33-21(32)30-18)9-13-7-14-11-31(12-15(14)8-13)19-6-5-16(22(24,25)26)10-17(19)23(27,28)29/h1,5-6,9-10,13-15H,3-4,7-8,11-12H2/b20-9-/t13?,14-,15+. The van der Waals surface area contributed by atoms with E-state index in [2.05, 4.69) is 10.9 Å². The lowest BCUT2D eigenvalue weighted by atomic mass is 10.0. The van der Waals surface area contributed by atoms with E-state index >= 15 is 0 Å². The van der Waals surface area contributed by atoms with Gasteiger partial charge in [0.05, 0.1) is 16.8 Å². The summed E-state index contributed by atoms with van der Waals surface area (Å²) in [5.41, 5.74) is -2.09. The average Bonchev–Trinajstić information content (AvgIpc) is 3.37. The predicted molar refractivity (Wildman–Crippen MR) is 115 cm³/mol. The highest BCUT2D eigenvalue weighted by atomic mass is 32.2. The fourth-order valence-corrected chi connectivity index (χ4v) is 5.82. The summed E-state index contributed by atoms with van der Waals surface area (Å²) >= 11 is 1.07. The average molecular weight is 486 g/mol. The van der Waals surface area contributed by atoms with Crippen molar-refractivity contribution in [3.63, 3.8) is 0 Å². The van der Waals surface area contributed by atoms with Gasteiger partial charge < -0.3 is 4.90 Å². The molecule has 0 aromatic heterocycles. The van der Waals surface area contributed by atoms with Gasteiger partial charge in [0, 0.05) is 36.5 Å². The minimum absolute atomic E-state index is 0.128. The molecule has 1 aromatic carbocycles. The molecule has 1 aromatic rings. The van der Waals surface area contributed by atoms with Crippen LogP contribution in [-0.4, -0.2) is 24.0 Å². The number of hydrogen-bond donors (Lipinski definition) is 0. The molecule has 3 atom stereocenters. The first-order chi connectivity index (χ1) is 15.5. The first-order valence-electron chi connectivity index (χ1n) is 10.4. The Balaban J connectivity index is 1.48. The van der Waals surface area contributed by atoms with Gasteiger partial charge in [-0.3, -0.25) is 4.79 Å². The molecular weight excluding hydrogens is 466 g/mol. The molecule has 0 radical (unpaired) electrons. The Morgan fingerprint density at radius 1 is 1.12 bits per heavy atom. The van der Waals surface area contributed by atoms with Crippen molar-refractivity contribution < 1.29 is 31.1 Å². The maximum absolute atomic E-state index is 13.6. The molecule has 1 aliphatic carbocycles. The number of amides is 1. The highest BCUT2D eigenvalue weighted by Crippen LogP contribution is 2.47. The number of benzene rings is 1. The first kappa shape index (κ1) is 23.7. The van der Waals surface area contributed by atoms with Gasteiger partial charge in [-0.15, -0.1) is 12.3 Å². The largest absolute Gasteiger partial charge is 0.418 e. The number of aliphatic imine (C=N–C) groups is 1. The van der Waals surface area contributed by atoms with E-state index in [4.69, 9.17) is 6.42 Å². The molecule has 0 spiro atoms. The SMILES string of the molecule is C#CCCC1=NC(=O)S/C1=C\C1C[C@@H]2CN(c3ccc(C(F)(F)F)cc3C(F)(F)F)C[C@@H]2C1. The summed E-state index contributed by atoms with van der Waals surface area (Å²) in [7, 11) is 0. The number of anilines is 1.